The summed E-state index contributed by atoms with van der Waals surface area (Å²) in [5, 5.41) is 1.72. The van der Waals surface area contributed by atoms with Gasteiger partial charge in [-0.1, -0.05) is 43.7 Å². The Morgan fingerprint density at radius 2 is 1.89 bits per heavy atom. The van der Waals surface area contributed by atoms with Gasteiger partial charge in [0, 0.05) is 25.2 Å². The first-order valence-electron chi connectivity index (χ1n) is 12.7. The lowest BCUT2D eigenvalue weighted by atomic mass is 10.0. The summed E-state index contributed by atoms with van der Waals surface area (Å²) < 4.78 is 17.1. The van der Waals surface area contributed by atoms with Crippen LogP contribution in [0, 0.1) is 0 Å². The zero-order valence-electron chi connectivity index (χ0n) is 21.3. The average molecular weight is 492 g/mol. The quantitative estimate of drug-likeness (QED) is 0.226. The average Bonchev–Trinajstić information content (AvgIpc) is 2.95. The molecule has 1 aliphatic rings. The SMILES string of the molecule is CCCC(c1ccccc1)N(N)c1cncc(-c2ccc(OCCCN3CCOCC3)c(OC)c2)n1. The van der Waals surface area contributed by atoms with E-state index in [-0.39, 0.29) is 6.04 Å². The number of nitrogens with two attached hydrogens (primary N) is 1. The van der Waals surface area contributed by atoms with Crippen LogP contribution >= 0.6 is 0 Å². The molecule has 1 aliphatic heterocycles. The molecule has 36 heavy (non-hydrogen) atoms. The van der Waals surface area contributed by atoms with Crippen LogP contribution in [-0.4, -0.2) is 61.4 Å². The number of hydrogen-bond acceptors (Lipinski definition) is 8. The molecule has 0 radical (unpaired) electrons. The molecule has 0 saturated carbocycles. The van der Waals surface area contributed by atoms with Crippen molar-refractivity contribution in [2.75, 3.05) is 51.6 Å². The molecule has 4 rings (SSSR count). The monoisotopic (exact) mass is 491 g/mol. The van der Waals surface area contributed by atoms with Crippen molar-refractivity contribution in [3.05, 3.63) is 66.5 Å². The largest absolute Gasteiger partial charge is 0.493 e. The lowest BCUT2D eigenvalue weighted by Crippen LogP contribution is -2.37. The number of morpholine rings is 1. The van der Waals surface area contributed by atoms with Gasteiger partial charge in [0.1, 0.15) is 0 Å². The Bertz CT molecular complexity index is 1080. The Hall–Kier alpha value is -3.20. The number of aromatic nitrogens is 2. The Kier molecular flexibility index (Phi) is 9.49. The predicted octanol–water partition coefficient (Wildman–Crippen LogP) is 4.47. The van der Waals surface area contributed by atoms with Gasteiger partial charge in [0.25, 0.3) is 0 Å². The van der Waals surface area contributed by atoms with Crippen LogP contribution in [0.3, 0.4) is 0 Å². The molecule has 192 valence electrons. The summed E-state index contributed by atoms with van der Waals surface area (Å²) >= 11 is 0. The van der Waals surface area contributed by atoms with Gasteiger partial charge in [-0.3, -0.25) is 14.9 Å². The van der Waals surface area contributed by atoms with Gasteiger partial charge in [-0.15, -0.1) is 0 Å². The third-order valence-electron chi connectivity index (χ3n) is 6.41. The molecule has 0 amide bonds. The predicted molar refractivity (Wildman–Crippen MR) is 142 cm³/mol. The highest BCUT2D eigenvalue weighted by Gasteiger charge is 2.19. The summed E-state index contributed by atoms with van der Waals surface area (Å²) in [6.45, 7) is 7.39. The summed E-state index contributed by atoms with van der Waals surface area (Å²) in [6.07, 6.45) is 6.32. The van der Waals surface area contributed by atoms with Crippen molar-refractivity contribution in [2.45, 2.75) is 32.2 Å². The van der Waals surface area contributed by atoms with Crippen molar-refractivity contribution < 1.29 is 14.2 Å². The molecule has 2 N–H and O–H groups in total. The normalized spacial score (nSPS) is 14.9. The molecule has 0 aliphatic carbocycles. The van der Waals surface area contributed by atoms with Crippen LogP contribution in [0.1, 0.15) is 37.8 Å². The number of anilines is 1. The second kappa shape index (κ2) is 13.2. The Morgan fingerprint density at radius 3 is 2.64 bits per heavy atom. The topological polar surface area (TPSA) is 86.0 Å². The highest BCUT2D eigenvalue weighted by Crippen LogP contribution is 2.33. The van der Waals surface area contributed by atoms with Crippen LogP contribution in [0.25, 0.3) is 11.3 Å². The minimum absolute atomic E-state index is 0.0172. The van der Waals surface area contributed by atoms with E-state index >= 15 is 0 Å². The second-order valence-corrected chi connectivity index (χ2v) is 8.91. The van der Waals surface area contributed by atoms with Crippen LogP contribution in [0.4, 0.5) is 5.82 Å². The molecule has 2 aromatic carbocycles. The van der Waals surface area contributed by atoms with E-state index in [9.17, 15) is 0 Å². The van der Waals surface area contributed by atoms with E-state index in [1.165, 1.54) is 0 Å². The number of benzene rings is 2. The van der Waals surface area contributed by atoms with Gasteiger partial charge in [0.15, 0.2) is 17.3 Å². The van der Waals surface area contributed by atoms with E-state index in [0.717, 1.165) is 74.7 Å². The summed E-state index contributed by atoms with van der Waals surface area (Å²) in [7, 11) is 1.65. The van der Waals surface area contributed by atoms with E-state index < -0.39 is 0 Å². The maximum absolute atomic E-state index is 6.58. The molecule has 1 aromatic heterocycles. The number of nitrogens with zero attached hydrogens (tertiary/aromatic N) is 4. The first-order chi connectivity index (χ1) is 17.7. The van der Waals surface area contributed by atoms with Crippen LogP contribution in [-0.2, 0) is 4.74 Å². The van der Waals surface area contributed by atoms with Crippen molar-refractivity contribution in [1.82, 2.24) is 14.9 Å². The minimum Gasteiger partial charge on any atom is -0.493 e. The van der Waals surface area contributed by atoms with E-state index in [1.807, 2.05) is 36.4 Å². The molecule has 8 heteroatoms. The number of hydrogen-bond donors (Lipinski definition) is 1. The maximum Gasteiger partial charge on any atom is 0.162 e. The highest BCUT2D eigenvalue weighted by atomic mass is 16.5. The zero-order valence-corrected chi connectivity index (χ0v) is 21.3. The fourth-order valence-electron chi connectivity index (χ4n) is 4.44. The third kappa shape index (κ3) is 6.72. The Morgan fingerprint density at radius 1 is 1.08 bits per heavy atom. The molecule has 1 atom stereocenters. The summed E-state index contributed by atoms with van der Waals surface area (Å²) in [5.74, 6) is 8.60. The first kappa shape index (κ1) is 25.9. The van der Waals surface area contributed by atoms with Crippen molar-refractivity contribution in [2.24, 2.45) is 5.84 Å². The van der Waals surface area contributed by atoms with E-state index in [4.69, 9.17) is 25.0 Å². The number of hydrazine groups is 1. The van der Waals surface area contributed by atoms with Crippen LogP contribution < -0.4 is 20.3 Å². The van der Waals surface area contributed by atoms with Gasteiger partial charge in [-0.2, -0.15) is 0 Å². The number of methoxy groups -OCH3 is 1. The van der Waals surface area contributed by atoms with Crippen LogP contribution in [0.15, 0.2) is 60.9 Å². The third-order valence-corrected chi connectivity index (χ3v) is 6.41. The molecule has 1 saturated heterocycles. The maximum atomic E-state index is 6.58. The van der Waals surface area contributed by atoms with Crippen molar-refractivity contribution >= 4 is 5.82 Å². The van der Waals surface area contributed by atoms with Crippen LogP contribution in [0.2, 0.25) is 0 Å². The second-order valence-electron chi connectivity index (χ2n) is 8.91. The first-order valence-corrected chi connectivity index (χ1v) is 12.7. The molecule has 1 fully saturated rings. The van der Waals surface area contributed by atoms with Gasteiger partial charge in [-0.05, 0) is 36.6 Å². The standard InChI is InChI=1S/C28H37N5O3/c1-3-8-25(22-9-5-4-6-10-22)33(29)28-21-30-20-24(31-28)23-11-12-26(27(19-23)34-2)36-16-7-13-32-14-17-35-18-15-32/h4-6,9-12,19-21,25H,3,7-8,13-18,29H2,1-2H3. The van der Waals surface area contributed by atoms with Crippen molar-refractivity contribution in [3.63, 3.8) is 0 Å². The molecule has 0 bridgehead atoms. The lowest BCUT2D eigenvalue weighted by Gasteiger charge is -2.28. The number of ether oxygens (including phenoxy) is 3. The fourth-order valence-corrected chi connectivity index (χ4v) is 4.44. The molecule has 2 heterocycles. The molecular formula is C28H37N5O3. The Balaban J connectivity index is 1.44. The smallest absolute Gasteiger partial charge is 0.162 e. The van der Waals surface area contributed by atoms with E-state index in [0.29, 0.717) is 18.2 Å². The summed E-state index contributed by atoms with van der Waals surface area (Å²) in [5.41, 5.74) is 2.77. The zero-order chi connectivity index (χ0) is 25.2. The van der Waals surface area contributed by atoms with E-state index in [2.05, 4.69) is 28.9 Å². The van der Waals surface area contributed by atoms with Gasteiger partial charge in [0.2, 0.25) is 0 Å². The van der Waals surface area contributed by atoms with Gasteiger partial charge in [0.05, 0.1) is 51.1 Å². The molecule has 0 spiro atoms. The summed E-state index contributed by atoms with van der Waals surface area (Å²) in [4.78, 5) is 11.7. The summed E-state index contributed by atoms with van der Waals surface area (Å²) in [6, 6.07) is 16.1. The fraction of sp³-hybridized carbons (Fsp3) is 0.429. The van der Waals surface area contributed by atoms with Crippen molar-refractivity contribution in [1.29, 1.82) is 0 Å². The van der Waals surface area contributed by atoms with Gasteiger partial charge < -0.3 is 14.2 Å². The van der Waals surface area contributed by atoms with E-state index in [1.54, 1.807) is 24.5 Å². The van der Waals surface area contributed by atoms with Crippen LogP contribution in [0.5, 0.6) is 11.5 Å². The molecular weight excluding hydrogens is 454 g/mol. The Labute approximate surface area is 214 Å². The number of rotatable bonds is 12. The molecule has 8 nitrogen and oxygen atoms in total. The highest BCUT2D eigenvalue weighted by molar-refractivity contribution is 5.64. The van der Waals surface area contributed by atoms with Gasteiger partial charge >= 0.3 is 0 Å². The van der Waals surface area contributed by atoms with Crippen molar-refractivity contribution in [3.8, 4) is 22.8 Å². The molecule has 1 unspecified atom stereocenters. The molecule has 3 aromatic rings. The minimum atomic E-state index is 0.0172. The lowest BCUT2D eigenvalue weighted by molar-refractivity contribution is 0.0357. The van der Waals surface area contributed by atoms with Gasteiger partial charge in [-0.25, -0.2) is 10.8 Å².